The third kappa shape index (κ3) is 10.6. The van der Waals surface area contributed by atoms with Crippen LogP contribution in [0.1, 0.15) is 31.7 Å². The molecule has 41 heavy (non-hydrogen) atoms. The minimum Gasteiger partial charge on any atom is -0.480 e. The van der Waals surface area contributed by atoms with Crippen LogP contribution in [0.5, 0.6) is 0 Å². The average Bonchev–Trinajstić information content (AvgIpc) is 3.33. The van der Waals surface area contributed by atoms with E-state index in [2.05, 4.69) is 25.9 Å². The van der Waals surface area contributed by atoms with Crippen molar-refractivity contribution in [1.29, 1.82) is 0 Å². The maximum atomic E-state index is 13.5. The van der Waals surface area contributed by atoms with Crippen molar-refractivity contribution < 1.29 is 29.4 Å². The quantitative estimate of drug-likeness (QED) is 0.0600. The lowest BCUT2D eigenvalue weighted by molar-refractivity contribution is -0.143. The topological polar surface area (TPSA) is 251 Å². The molecule has 3 amide bonds. The van der Waals surface area contributed by atoms with Crippen molar-refractivity contribution in [3.8, 4) is 0 Å². The Morgan fingerprint density at radius 2 is 1.71 bits per heavy atom. The number of aliphatic imine (C=N–C) groups is 1. The van der Waals surface area contributed by atoms with Gasteiger partial charge in [0.1, 0.15) is 18.1 Å². The Morgan fingerprint density at radius 1 is 1.02 bits per heavy atom. The summed E-state index contributed by atoms with van der Waals surface area (Å²) in [5, 5.41) is 28.1. The van der Waals surface area contributed by atoms with E-state index in [-0.39, 0.29) is 31.8 Å². The van der Waals surface area contributed by atoms with E-state index < -0.39 is 54.0 Å². The molecular weight excluding hydrogens is 552 g/mol. The van der Waals surface area contributed by atoms with Gasteiger partial charge in [-0.05, 0) is 49.8 Å². The van der Waals surface area contributed by atoms with Crippen molar-refractivity contribution in [2.24, 2.45) is 22.2 Å². The zero-order valence-corrected chi connectivity index (χ0v) is 23.9. The molecule has 5 atom stereocenters. The summed E-state index contributed by atoms with van der Waals surface area (Å²) in [5.74, 6) is -3.05. The number of aromatic amines is 1. The molecule has 0 aliphatic heterocycles. The van der Waals surface area contributed by atoms with Gasteiger partial charge in [-0.3, -0.25) is 19.4 Å². The maximum absolute atomic E-state index is 13.5. The number of benzene rings is 1. The third-order valence-electron chi connectivity index (χ3n) is 6.32. The van der Waals surface area contributed by atoms with Gasteiger partial charge in [-0.25, -0.2) is 4.79 Å². The molecular formula is C26H40N8O6S. The number of amides is 3. The van der Waals surface area contributed by atoms with Crippen LogP contribution in [0.3, 0.4) is 0 Å². The van der Waals surface area contributed by atoms with Crippen LogP contribution in [-0.4, -0.2) is 93.7 Å². The number of nitrogens with two attached hydrogens (primary N) is 3. The molecule has 2 rings (SSSR count). The van der Waals surface area contributed by atoms with E-state index in [4.69, 9.17) is 17.2 Å². The summed E-state index contributed by atoms with van der Waals surface area (Å²) in [6, 6.07) is 2.59. The number of nitrogens with one attached hydrogen (secondary N) is 4. The van der Waals surface area contributed by atoms with Crippen LogP contribution in [0, 0.1) is 0 Å². The molecule has 2 aromatic rings. The molecule has 1 aromatic heterocycles. The van der Waals surface area contributed by atoms with Gasteiger partial charge in [-0.1, -0.05) is 18.2 Å². The van der Waals surface area contributed by atoms with E-state index >= 15 is 0 Å². The zero-order valence-electron chi connectivity index (χ0n) is 23.1. The number of hydrogen-bond donors (Lipinski definition) is 9. The third-order valence-corrected chi connectivity index (χ3v) is 6.97. The number of thioether (sulfide) groups is 1. The number of aromatic nitrogens is 1. The Balaban J connectivity index is 2.23. The molecule has 0 radical (unpaired) electrons. The number of guanidine groups is 1. The summed E-state index contributed by atoms with van der Waals surface area (Å²) in [6.07, 6.45) is 3.03. The highest BCUT2D eigenvalue weighted by atomic mass is 32.2. The average molecular weight is 593 g/mol. The van der Waals surface area contributed by atoms with Crippen LogP contribution >= 0.6 is 11.8 Å². The number of para-hydroxylation sites is 1. The highest BCUT2D eigenvalue weighted by Crippen LogP contribution is 2.19. The second-order valence-corrected chi connectivity index (χ2v) is 10.6. The molecule has 0 spiro atoms. The van der Waals surface area contributed by atoms with E-state index in [1.165, 1.54) is 18.7 Å². The lowest BCUT2D eigenvalue weighted by Gasteiger charge is -2.26. The van der Waals surface area contributed by atoms with Gasteiger partial charge in [0.2, 0.25) is 17.7 Å². The van der Waals surface area contributed by atoms with E-state index in [0.29, 0.717) is 12.2 Å². The number of carboxylic acid groups (broad SMARTS) is 1. The van der Waals surface area contributed by atoms with Crippen LogP contribution < -0.4 is 33.2 Å². The number of carbonyl (C=O) groups is 4. The lowest BCUT2D eigenvalue weighted by Crippen LogP contribution is -2.60. The maximum Gasteiger partial charge on any atom is 0.326 e. The largest absolute Gasteiger partial charge is 0.480 e. The number of carbonyl (C=O) groups excluding carboxylic acids is 3. The zero-order chi connectivity index (χ0) is 30.5. The number of hydrogen-bond acceptors (Lipinski definition) is 8. The Kier molecular flexibility index (Phi) is 13.4. The molecule has 0 saturated carbocycles. The Labute approximate surface area is 242 Å². The summed E-state index contributed by atoms with van der Waals surface area (Å²) in [7, 11) is 0. The van der Waals surface area contributed by atoms with E-state index in [1.54, 1.807) is 12.5 Å². The fraction of sp³-hybridized carbons (Fsp3) is 0.500. The summed E-state index contributed by atoms with van der Waals surface area (Å²) in [4.78, 5) is 57.9. The molecule has 1 heterocycles. The first kappa shape index (κ1) is 33.4. The van der Waals surface area contributed by atoms with Gasteiger partial charge in [0.15, 0.2) is 5.96 Å². The molecule has 0 aliphatic carbocycles. The van der Waals surface area contributed by atoms with Gasteiger partial charge in [-0.15, -0.1) is 0 Å². The fourth-order valence-electron chi connectivity index (χ4n) is 4.07. The van der Waals surface area contributed by atoms with E-state index in [1.807, 2.05) is 24.3 Å². The van der Waals surface area contributed by atoms with Crippen LogP contribution in [0.25, 0.3) is 10.9 Å². The molecule has 1 aromatic carbocycles. The van der Waals surface area contributed by atoms with Gasteiger partial charge in [0, 0.05) is 30.1 Å². The Morgan fingerprint density at radius 3 is 2.34 bits per heavy atom. The van der Waals surface area contributed by atoms with Crippen molar-refractivity contribution in [2.45, 2.75) is 62.9 Å². The van der Waals surface area contributed by atoms with Crippen LogP contribution in [0.4, 0.5) is 0 Å². The minimum absolute atomic E-state index is 0.0436. The van der Waals surface area contributed by atoms with Crippen molar-refractivity contribution in [3.05, 3.63) is 36.0 Å². The number of aliphatic carboxylic acids is 1. The van der Waals surface area contributed by atoms with E-state index in [9.17, 15) is 29.4 Å². The lowest BCUT2D eigenvalue weighted by atomic mass is 10.0. The van der Waals surface area contributed by atoms with Crippen LogP contribution in [-0.2, 0) is 25.6 Å². The number of nitrogens with zero attached hydrogens (tertiary/aromatic N) is 1. The van der Waals surface area contributed by atoms with Gasteiger partial charge in [-0.2, -0.15) is 11.8 Å². The predicted molar refractivity (Wildman–Crippen MR) is 158 cm³/mol. The molecule has 5 unspecified atom stereocenters. The molecule has 0 bridgehead atoms. The number of rotatable bonds is 17. The fourth-order valence-corrected chi connectivity index (χ4v) is 4.54. The molecule has 0 saturated heterocycles. The van der Waals surface area contributed by atoms with Crippen LogP contribution in [0.15, 0.2) is 35.5 Å². The molecule has 226 valence electrons. The van der Waals surface area contributed by atoms with Crippen molar-refractivity contribution in [2.75, 3.05) is 18.6 Å². The molecule has 0 aliphatic rings. The van der Waals surface area contributed by atoms with Crippen molar-refractivity contribution in [1.82, 2.24) is 20.9 Å². The van der Waals surface area contributed by atoms with Gasteiger partial charge >= 0.3 is 5.97 Å². The number of carboxylic acids is 1. The minimum atomic E-state index is -1.48. The molecule has 0 fully saturated rings. The highest BCUT2D eigenvalue weighted by Gasteiger charge is 2.33. The summed E-state index contributed by atoms with van der Waals surface area (Å²) in [5.41, 5.74) is 18.2. The number of H-pyrrole nitrogens is 1. The monoisotopic (exact) mass is 592 g/mol. The number of aliphatic hydroxyl groups excluding tert-OH is 1. The van der Waals surface area contributed by atoms with Crippen molar-refractivity contribution in [3.63, 3.8) is 0 Å². The van der Waals surface area contributed by atoms with Gasteiger partial charge in [0.25, 0.3) is 0 Å². The first-order valence-corrected chi connectivity index (χ1v) is 14.5. The number of aliphatic hydroxyl groups is 1. The van der Waals surface area contributed by atoms with Crippen molar-refractivity contribution >= 4 is 52.3 Å². The highest BCUT2D eigenvalue weighted by molar-refractivity contribution is 7.98. The standard InChI is InChI=1S/C26H40N8O6S/c1-14(35)21(24(38)32-19(25(39)40)9-11-41-2)34-23(37)20(12-15-13-31-18-8-4-3-6-16(15)18)33-22(36)17(27)7-5-10-30-26(28)29/h3-4,6,8,13-14,17,19-21,31,35H,5,7,9-12,27H2,1-2H3,(H,32,38)(H,33,36)(H,34,37)(H,39,40)(H4,28,29,30). The summed E-state index contributed by atoms with van der Waals surface area (Å²) in [6.45, 7) is 1.57. The normalized spacial score (nSPS) is 14.7. The van der Waals surface area contributed by atoms with Gasteiger partial charge in [0.05, 0.1) is 12.1 Å². The molecule has 15 heteroatoms. The first-order valence-electron chi connectivity index (χ1n) is 13.1. The Hall–Kier alpha value is -3.82. The number of fused-ring (bicyclic) bond motifs is 1. The summed E-state index contributed by atoms with van der Waals surface area (Å²) >= 11 is 1.42. The molecule has 12 N–H and O–H groups in total. The second-order valence-electron chi connectivity index (χ2n) is 9.59. The van der Waals surface area contributed by atoms with E-state index in [0.717, 1.165) is 16.5 Å². The SMILES string of the molecule is CSCCC(NC(=O)C(NC(=O)C(Cc1c[nH]c2ccccc12)NC(=O)C(N)CCCN=C(N)N)C(C)O)C(=O)O. The van der Waals surface area contributed by atoms with Crippen LogP contribution in [0.2, 0.25) is 0 Å². The van der Waals surface area contributed by atoms with Gasteiger partial charge < -0.3 is 48.3 Å². The smallest absolute Gasteiger partial charge is 0.326 e. The second kappa shape index (κ2) is 16.4. The Bertz CT molecular complexity index is 1220. The first-order chi connectivity index (χ1) is 19.4. The summed E-state index contributed by atoms with van der Waals surface area (Å²) < 4.78 is 0. The molecule has 14 nitrogen and oxygen atoms in total. The predicted octanol–water partition coefficient (Wildman–Crippen LogP) is -1.24.